The third kappa shape index (κ3) is 3.82. The first-order valence-corrected chi connectivity index (χ1v) is 8.19. The van der Waals surface area contributed by atoms with Crippen molar-refractivity contribution in [3.05, 3.63) is 65.2 Å². The van der Waals surface area contributed by atoms with Crippen molar-refractivity contribution < 1.29 is 27.3 Å². The van der Waals surface area contributed by atoms with Crippen molar-refractivity contribution in [1.29, 1.82) is 0 Å². The van der Waals surface area contributed by atoms with E-state index < -0.39 is 27.0 Å². The van der Waals surface area contributed by atoms with Crippen LogP contribution in [-0.2, 0) is 21.3 Å². The fraction of sp³-hybridized carbons (Fsp3) is 0.125. The fourth-order valence-electron chi connectivity index (χ4n) is 2.10. The van der Waals surface area contributed by atoms with Crippen molar-refractivity contribution in [3.8, 4) is 0 Å². The highest BCUT2D eigenvalue weighted by molar-refractivity contribution is 7.86. The predicted octanol–water partition coefficient (Wildman–Crippen LogP) is 2.49. The molecule has 120 valence electrons. The molecular weight excluding hydrogens is 320 g/mol. The minimum absolute atomic E-state index is 0.154. The number of aryl methyl sites for hydroxylation is 1. The van der Waals surface area contributed by atoms with Gasteiger partial charge in [-0.3, -0.25) is 4.55 Å². The van der Waals surface area contributed by atoms with Crippen LogP contribution in [0.1, 0.15) is 33.2 Å². The predicted molar refractivity (Wildman–Crippen MR) is 81.8 cm³/mol. The van der Waals surface area contributed by atoms with Crippen molar-refractivity contribution in [2.24, 2.45) is 0 Å². The number of benzene rings is 2. The second kappa shape index (κ2) is 6.72. The molecule has 0 aliphatic rings. The Labute approximate surface area is 133 Å². The molecule has 0 unspecified atom stereocenters. The van der Waals surface area contributed by atoms with Crippen molar-refractivity contribution in [2.45, 2.75) is 18.2 Å². The zero-order valence-corrected chi connectivity index (χ0v) is 13.0. The highest BCUT2D eigenvalue weighted by Crippen LogP contribution is 2.22. The van der Waals surface area contributed by atoms with Gasteiger partial charge in [0.1, 0.15) is 4.90 Å². The molecule has 0 saturated carbocycles. The van der Waals surface area contributed by atoms with Gasteiger partial charge >= 0.3 is 11.9 Å². The Hall–Kier alpha value is -2.51. The minimum Gasteiger partial charge on any atom is -0.386 e. The molecule has 0 saturated heterocycles. The third-order valence-electron chi connectivity index (χ3n) is 3.15. The summed E-state index contributed by atoms with van der Waals surface area (Å²) in [6.07, 6.45) is 0.281. The van der Waals surface area contributed by atoms with Gasteiger partial charge < -0.3 is 4.74 Å². The van der Waals surface area contributed by atoms with E-state index in [2.05, 4.69) is 0 Å². The van der Waals surface area contributed by atoms with Gasteiger partial charge in [0.2, 0.25) is 0 Å². The first kappa shape index (κ1) is 16.9. The monoisotopic (exact) mass is 334 g/mol. The van der Waals surface area contributed by atoms with Crippen LogP contribution in [0.15, 0.2) is 53.4 Å². The van der Waals surface area contributed by atoms with Crippen molar-refractivity contribution in [3.63, 3.8) is 0 Å². The number of hydrogen-bond donors (Lipinski definition) is 1. The third-order valence-corrected chi connectivity index (χ3v) is 4.15. The smallest absolute Gasteiger partial charge is 0.347 e. The second-order valence-corrected chi connectivity index (χ2v) is 6.02. The highest BCUT2D eigenvalue weighted by atomic mass is 32.2. The standard InChI is InChI=1S/C16H14O6S/c1-2-11-9-6-10-13(14(11)23(19,20)21)16(18)22-15(17)12-7-4-3-5-8-12/h3-10H,2H2,1H3,(H,19,20,21). The Morgan fingerprint density at radius 2 is 1.65 bits per heavy atom. The van der Waals surface area contributed by atoms with Crippen molar-refractivity contribution in [2.75, 3.05) is 0 Å². The van der Waals surface area contributed by atoms with Crippen LogP contribution in [0.3, 0.4) is 0 Å². The first-order chi connectivity index (χ1) is 10.8. The van der Waals surface area contributed by atoms with Gasteiger partial charge in [0.05, 0.1) is 11.1 Å². The molecule has 0 aliphatic carbocycles. The molecule has 1 N–H and O–H groups in total. The zero-order valence-electron chi connectivity index (χ0n) is 12.2. The molecule has 2 rings (SSSR count). The van der Waals surface area contributed by atoms with Gasteiger partial charge in [-0.05, 0) is 30.2 Å². The quantitative estimate of drug-likeness (QED) is 0.524. The molecule has 7 heteroatoms. The lowest BCUT2D eigenvalue weighted by Crippen LogP contribution is -2.17. The van der Waals surface area contributed by atoms with E-state index in [1.165, 1.54) is 30.3 Å². The summed E-state index contributed by atoms with van der Waals surface area (Å²) < 4.78 is 37.2. The lowest BCUT2D eigenvalue weighted by Gasteiger charge is -2.10. The molecule has 0 aliphatic heterocycles. The average molecular weight is 334 g/mol. The molecule has 0 bridgehead atoms. The van der Waals surface area contributed by atoms with E-state index >= 15 is 0 Å². The molecule has 0 heterocycles. The summed E-state index contributed by atoms with van der Waals surface area (Å²) in [4.78, 5) is 23.5. The number of rotatable bonds is 4. The van der Waals surface area contributed by atoms with E-state index in [4.69, 9.17) is 4.74 Å². The van der Waals surface area contributed by atoms with Gasteiger partial charge in [0.25, 0.3) is 10.1 Å². The van der Waals surface area contributed by atoms with Gasteiger partial charge in [0, 0.05) is 0 Å². The molecule has 6 nitrogen and oxygen atoms in total. The lowest BCUT2D eigenvalue weighted by molar-refractivity contribution is 0.0394. The highest BCUT2D eigenvalue weighted by Gasteiger charge is 2.26. The van der Waals surface area contributed by atoms with Gasteiger partial charge in [-0.2, -0.15) is 8.42 Å². The van der Waals surface area contributed by atoms with Crippen molar-refractivity contribution in [1.82, 2.24) is 0 Å². The van der Waals surface area contributed by atoms with Crippen LogP contribution in [0, 0.1) is 0 Å². The molecule has 0 atom stereocenters. The summed E-state index contributed by atoms with van der Waals surface area (Å²) in [5.41, 5.74) is 0.0335. The average Bonchev–Trinajstić information content (AvgIpc) is 2.53. The second-order valence-electron chi connectivity index (χ2n) is 4.67. The molecule has 0 amide bonds. The summed E-state index contributed by atoms with van der Waals surface area (Å²) in [6, 6.07) is 11.9. The Morgan fingerprint density at radius 3 is 2.22 bits per heavy atom. The molecule has 0 aromatic heterocycles. The maximum atomic E-state index is 12.1. The number of ether oxygens (including phenoxy) is 1. The number of carbonyl (C=O) groups excluding carboxylic acids is 2. The number of hydrogen-bond acceptors (Lipinski definition) is 5. The van der Waals surface area contributed by atoms with Crippen LogP contribution in [-0.4, -0.2) is 24.9 Å². The normalized spacial score (nSPS) is 11.0. The lowest BCUT2D eigenvalue weighted by atomic mass is 10.1. The summed E-state index contributed by atoms with van der Waals surface area (Å²) in [5, 5.41) is 0. The summed E-state index contributed by atoms with van der Waals surface area (Å²) in [5.74, 6) is -2.04. The SMILES string of the molecule is CCc1cccc(C(=O)OC(=O)c2ccccc2)c1S(=O)(=O)O. The zero-order chi connectivity index (χ0) is 17.0. The van der Waals surface area contributed by atoms with Crippen LogP contribution in [0.25, 0.3) is 0 Å². The van der Waals surface area contributed by atoms with Gasteiger partial charge in [-0.25, -0.2) is 9.59 Å². The molecule has 2 aromatic carbocycles. The molecule has 23 heavy (non-hydrogen) atoms. The molecular formula is C16H14O6S. The first-order valence-electron chi connectivity index (χ1n) is 6.75. The van der Waals surface area contributed by atoms with Crippen LogP contribution in [0.2, 0.25) is 0 Å². The molecule has 0 spiro atoms. The summed E-state index contributed by atoms with van der Waals surface area (Å²) in [6.45, 7) is 1.67. The maximum Gasteiger partial charge on any atom is 0.347 e. The molecule has 2 aromatic rings. The summed E-state index contributed by atoms with van der Waals surface area (Å²) >= 11 is 0. The van der Waals surface area contributed by atoms with Crippen LogP contribution in [0.4, 0.5) is 0 Å². The van der Waals surface area contributed by atoms with E-state index in [1.54, 1.807) is 25.1 Å². The van der Waals surface area contributed by atoms with E-state index in [-0.39, 0.29) is 23.1 Å². The Bertz CT molecular complexity index is 840. The minimum atomic E-state index is -4.63. The Balaban J connectivity index is 2.39. The topological polar surface area (TPSA) is 97.7 Å². The number of esters is 2. The number of carbonyl (C=O) groups is 2. The Morgan fingerprint density at radius 1 is 1.00 bits per heavy atom. The van der Waals surface area contributed by atoms with Crippen LogP contribution in [0.5, 0.6) is 0 Å². The molecule has 0 fully saturated rings. The Kier molecular flexibility index (Phi) is 4.92. The van der Waals surface area contributed by atoms with Gasteiger partial charge in [-0.15, -0.1) is 0 Å². The van der Waals surface area contributed by atoms with Crippen LogP contribution >= 0.6 is 0 Å². The van der Waals surface area contributed by atoms with E-state index in [9.17, 15) is 22.6 Å². The largest absolute Gasteiger partial charge is 0.386 e. The van der Waals surface area contributed by atoms with Crippen molar-refractivity contribution >= 4 is 22.1 Å². The van der Waals surface area contributed by atoms with E-state index in [0.717, 1.165) is 0 Å². The molecule has 0 radical (unpaired) electrons. The van der Waals surface area contributed by atoms with E-state index in [1.807, 2.05) is 0 Å². The van der Waals surface area contributed by atoms with Gasteiger partial charge in [-0.1, -0.05) is 37.3 Å². The fourth-order valence-corrected chi connectivity index (χ4v) is 3.07. The summed E-state index contributed by atoms with van der Waals surface area (Å²) in [7, 11) is -4.63. The van der Waals surface area contributed by atoms with E-state index in [0.29, 0.717) is 0 Å². The van der Waals surface area contributed by atoms with Gasteiger partial charge in [0.15, 0.2) is 0 Å². The maximum absolute atomic E-state index is 12.1. The van der Waals surface area contributed by atoms with Crippen LogP contribution < -0.4 is 0 Å².